The van der Waals surface area contributed by atoms with Crippen LogP contribution in [-0.2, 0) is 6.54 Å². The second-order valence-corrected chi connectivity index (χ2v) is 5.64. The molecule has 3 nitrogen and oxygen atoms in total. The van der Waals surface area contributed by atoms with Crippen molar-refractivity contribution in [3.8, 4) is 0 Å². The lowest BCUT2D eigenvalue weighted by atomic mass is 10.3. The monoisotopic (exact) mass is 252 g/mol. The molecule has 0 unspecified atom stereocenters. The highest BCUT2D eigenvalue weighted by Crippen LogP contribution is 2.17. The standard InChI is InChI=1S/C11H12N2OS2/c1-7-10(16-8(2)13-7)11(14)12-6-9-4-3-5-15-9/h3-5H,6H2,1-2H3,(H,12,14). The number of carbonyl (C=O) groups excluding carboxylic acids is 1. The third-order valence-electron chi connectivity index (χ3n) is 2.11. The smallest absolute Gasteiger partial charge is 0.263 e. The van der Waals surface area contributed by atoms with Crippen LogP contribution in [0, 0.1) is 13.8 Å². The second-order valence-electron chi connectivity index (χ2n) is 3.41. The molecule has 0 aliphatic rings. The normalized spacial score (nSPS) is 10.4. The van der Waals surface area contributed by atoms with Crippen LogP contribution in [0.25, 0.3) is 0 Å². The summed E-state index contributed by atoms with van der Waals surface area (Å²) in [6, 6.07) is 3.99. The molecule has 0 aliphatic carbocycles. The minimum atomic E-state index is -0.0310. The number of amides is 1. The molecule has 0 aliphatic heterocycles. The molecule has 0 spiro atoms. The molecule has 0 aromatic carbocycles. The van der Waals surface area contributed by atoms with Crippen LogP contribution in [0.15, 0.2) is 17.5 Å². The Morgan fingerprint density at radius 3 is 2.88 bits per heavy atom. The fraction of sp³-hybridized carbons (Fsp3) is 0.273. The molecule has 1 N–H and O–H groups in total. The van der Waals surface area contributed by atoms with Crippen molar-refractivity contribution in [1.82, 2.24) is 10.3 Å². The molecular formula is C11H12N2OS2. The Labute approximate surface area is 102 Å². The van der Waals surface area contributed by atoms with E-state index in [1.807, 2.05) is 31.4 Å². The minimum absolute atomic E-state index is 0.0310. The van der Waals surface area contributed by atoms with Crippen LogP contribution in [-0.4, -0.2) is 10.9 Å². The number of hydrogen-bond acceptors (Lipinski definition) is 4. The van der Waals surface area contributed by atoms with Gasteiger partial charge in [0.15, 0.2) is 0 Å². The summed E-state index contributed by atoms with van der Waals surface area (Å²) in [5, 5.41) is 5.83. The zero-order valence-corrected chi connectivity index (χ0v) is 10.7. The van der Waals surface area contributed by atoms with Crippen molar-refractivity contribution < 1.29 is 4.79 Å². The molecule has 0 bridgehead atoms. The van der Waals surface area contributed by atoms with Gasteiger partial charge in [-0.1, -0.05) is 6.07 Å². The van der Waals surface area contributed by atoms with Crippen molar-refractivity contribution in [2.45, 2.75) is 20.4 Å². The van der Waals surface area contributed by atoms with E-state index in [4.69, 9.17) is 0 Å². The van der Waals surface area contributed by atoms with Gasteiger partial charge in [-0.25, -0.2) is 4.98 Å². The Hall–Kier alpha value is -1.20. The molecule has 2 aromatic heterocycles. The quantitative estimate of drug-likeness (QED) is 0.912. The average molecular weight is 252 g/mol. The molecule has 0 radical (unpaired) electrons. The van der Waals surface area contributed by atoms with Crippen molar-refractivity contribution in [2.75, 3.05) is 0 Å². The van der Waals surface area contributed by atoms with Crippen LogP contribution in [0.2, 0.25) is 0 Å². The van der Waals surface area contributed by atoms with Gasteiger partial charge >= 0.3 is 0 Å². The zero-order valence-electron chi connectivity index (χ0n) is 9.11. The van der Waals surface area contributed by atoms with E-state index < -0.39 is 0 Å². The number of carbonyl (C=O) groups is 1. The van der Waals surface area contributed by atoms with E-state index in [0.717, 1.165) is 15.6 Å². The number of nitrogens with one attached hydrogen (secondary N) is 1. The van der Waals surface area contributed by atoms with Gasteiger partial charge in [0.1, 0.15) is 4.88 Å². The molecule has 0 fully saturated rings. The topological polar surface area (TPSA) is 42.0 Å². The van der Waals surface area contributed by atoms with Crippen molar-refractivity contribution >= 4 is 28.6 Å². The first-order valence-corrected chi connectivity index (χ1v) is 6.61. The number of thiophene rings is 1. The molecule has 84 valence electrons. The largest absolute Gasteiger partial charge is 0.346 e. The van der Waals surface area contributed by atoms with E-state index >= 15 is 0 Å². The van der Waals surface area contributed by atoms with E-state index in [2.05, 4.69) is 10.3 Å². The van der Waals surface area contributed by atoms with Gasteiger partial charge in [-0.05, 0) is 25.3 Å². The molecule has 2 rings (SSSR count). The Morgan fingerprint density at radius 1 is 1.50 bits per heavy atom. The van der Waals surface area contributed by atoms with Gasteiger partial charge in [0.25, 0.3) is 5.91 Å². The van der Waals surface area contributed by atoms with Crippen molar-refractivity contribution in [3.63, 3.8) is 0 Å². The van der Waals surface area contributed by atoms with Crippen LogP contribution < -0.4 is 5.32 Å². The maximum absolute atomic E-state index is 11.8. The summed E-state index contributed by atoms with van der Waals surface area (Å²) < 4.78 is 0. The molecule has 0 saturated heterocycles. The van der Waals surface area contributed by atoms with Gasteiger partial charge in [-0.15, -0.1) is 22.7 Å². The number of hydrogen-bond donors (Lipinski definition) is 1. The molecular weight excluding hydrogens is 240 g/mol. The van der Waals surface area contributed by atoms with Gasteiger partial charge in [0.05, 0.1) is 17.2 Å². The third-order valence-corrected chi connectivity index (χ3v) is 4.06. The highest BCUT2D eigenvalue weighted by atomic mass is 32.1. The summed E-state index contributed by atoms with van der Waals surface area (Å²) in [6.07, 6.45) is 0. The summed E-state index contributed by atoms with van der Waals surface area (Å²) in [4.78, 5) is 18.0. The number of thiazole rings is 1. The first-order valence-electron chi connectivity index (χ1n) is 4.91. The highest BCUT2D eigenvalue weighted by Gasteiger charge is 2.13. The third kappa shape index (κ3) is 2.48. The predicted molar refractivity (Wildman–Crippen MR) is 67.1 cm³/mol. The van der Waals surface area contributed by atoms with Gasteiger partial charge in [-0.3, -0.25) is 4.79 Å². The van der Waals surface area contributed by atoms with Gasteiger partial charge in [0, 0.05) is 4.88 Å². The van der Waals surface area contributed by atoms with Crippen LogP contribution in [0.3, 0.4) is 0 Å². The van der Waals surface area contributed by atoms with Gasteiger partial charge in [-0.2, -0.15) is 0 Å². The first-order chi connectivity index (χ1) is 7.66. The summed E-state index contributed by atoms with van der Waals surface area (Å²) in [5.41, 5.74) is 0.811. The van der Waals surface area contributed by atoms with Crippen LogP contribution in [0.5, 0.6) is 0 Å². The number of aromatic nitrogens is 1. The van der Waals surface area contributed by atoms with Crippen LogP contribution in [0.4, 0.5) is 0 Å². The zero-order chi connectivity index (χ0) is 11.5. The summed E-state index contributed by atoms with van der Waals surface area (Å²) in [7, 11) is 0. The molecule has 2 heterocycles. The van der Waals surface area contributed by atoms with E-state index in [9.17, 15) is 4.79 Å². The van der Waals surface area contributed by atoms with Crippen LogP contribution in [0.1, 0.15) is 25.3 Å². The average Bonchev–Trinajstić information content (AvgIpc) is 2.84. The van der Waals surface area contributed by atoms with E-state index in [1.54, 1.807) is 11.3 Å². The highest BCUT2D eigenvalue weighted by molar-refractivity contribution is 7.13. The van der Waals surface area contributed by atoms with Crippen molar-refractivity contribution in [1.29, 1.82) is 0 Å². The second kappa shape index (κ2) is 4.76. The van der Waals surface area contributed by atoms with Gasteiger partial charge < -0.3 is 5.32 Å². The summed E-state index contributed by atoms with van der Waals surface area (Å²) in [5.74, 6) is -0.0310. The Balaban J connectivity index is 2.01. The van der Waals surface area contributed by atoms with Crippen molar-refractivity contribution in [3.05, 3.63) is 38.0 Å². The molecule has 0 atom stereocenters. The lowest BCUT2D eigenvalue weighted by Gasteiger charge is -2.01. The van der Waals surface area contributed by atoms with E-state index in [0.29, 0.717) is 11.4 Å². The Kier molecular flexibility index (Phi) is 3.36. The van der Waals surface area contributed by atoms with E-state index in [-0.39, 0.29) is 5.91 Å². The van der Waals surface area contributed by atoms with Crippen molar-refractivity contribution in [2.24, 2.45) is 0 Å². The predicted octanol–water partition coefficient (Wildman–Crippen LogP) is 2.75. The van der Waals surface area contributed by atoms with E-state index in [1.165, 1.54) is 11.3 Å². The lowest BCUT2D eigenvalue weighted by Crippen LogP contribution is -2.22. The first kappa shape index (κ1) is 11.3. The Bertz CT molecular complexity index is 488. The summed E-state index contributed by atoms with van der Waals surface area (Å²) in [6.45, 7) is 4.37. The number of aryl methyl sites for hydroxylation is 2. The minimum Gasteiger partial charge on any atom is -0.346 e. The molecule has 2 aromatic rings. The summed E-state index contributed by atoms with van der Waals surface area (Å²) >= 11 is 3.08. The van der Waals surface area contributed by atoms with Gasteiger partial charge in [0.2, 0.25) is 0 Å². The maximum Gasteiger partial charge on any atom is 0.263 e. The molecule has 5 heteroatoms. The maximum atomic E-state index is 11.8. The lowest BCUT2D eigenvalue weighted by molar-refractivity contribution is 0.0954. The molecule has 0 saturated carbocycles. The Morgan fingerprint density at radius 2 is 2.31 bits per heavy atom. The fourth-order valence-electron chi connectivity index (χ4n) is 1.40. The van der Waals surface area contributed by atoms with Crippen LogP contribution >= 0.6 is 22.7 Å². The number of nitrogens with zero attached hydrogens (tertiary/aromatic N) is 1. The molecule has 1 amide bonds. The SMILES string of the molecule is Cc1nc(C)c(C(=O)NCc2cccs2)s1. The molecule has 16 heavy (non-hydrogen) atoms. The number of rotatable bonds is 3. The fourth-order valence-corrected chi connectivity index (χ4v) is 2.88.